The minimum Gasteiger partial charge on any atom is -0.483 e. The molecule has 0 fully saturated rings. The van der Waals surface area contributed by atoms with Crippen molar-refractivity contribution in [1.29, 1.82) is 0 Å². The zero-order chi connectivity index (χ0) is 11.8. The number of ether oxygens (including phenoxy) is 1. The van der Waals surface area contributed by atoms with Gasteiger partial charge in [-0.1, -0.05) is 6.92 Å². The molecule has 0 amide bonds. The van der Waals surface area contributed by atoms with Gasteiger partial charge < -0.3 is 15.6 Å². The molecule has 1 atom stereocenters. The highest BCUT2D eigenvalue weighted by Gasteiger charge is 2.20. The minimum atomic E-state index is -0.478. The Kier molecular flexibility index (Phi) is 8.04. The molecule has 0 aliphatic heterocycles. The standard InChI is InChI=1S/C8H17NO2.CH2O2/c1-5-6(9)7(10)11-8(2,3)4;2-1-3/h6H,5,9H2,1-4H3;1H,(H,2,3). The van der Waals surface area contributed by atoms with Crippen LogP contribution in [0, 0.1) is 0 Å². The molecule has 1 unspecified atom stereocenters. The van der Waals surface area contributed by atoms with Gasteiger partial charge in [0.2, 0.25) is 0 Å². The zero-order valence-electron chi connectivity index (χ0n) is 9.11. The summed E-state index contributed by atoms with van der Waals surface area (Å²) in [5.41, 5.74) is 5.02. The second-order valence-electron chi connectivity index (χ2n) is 3.65. The molecule has 0 heterocycles. The maximum absolute atomic E-state index is 11.0. The Hall–Kier alpha value is -1.10. The van der Waals surface area contributed by atoms with Crippen LogP contribution < -0.4 is 5.73 Å². The third kappa shape index (κ3) is 10.9. The summed E-state index contributed by atoms with van der Waals surface area (Å²) in [7, 11) is 0. The van der Waals surface area contributed by atoms with Crippen molar-refractivity contribution in [2.45, 2.75) is 45.8 Å². The largest absolute Gasteiger partial charge is 0.483 e. The molecule has 5 heteroatoms. The number of hydrogen-bond acceptors (Lipinski definition) is 4. The fourth-order valence-electron chi connectivity index (χ4n) is 0.544. The van der Waals surface area contributed by atoms with Gasteiger partial charge in [-0.25, -0.2) is 0 Å². The first kappa shape index (κ1) is 15.4. The Morgan fingerprint density at radius 2 is 1.93 bits per heavy atom. The van der Waals surface area contributed by atoms with Crippen LogP contribution in [0.5, 0.6) is 0 Å². The SMILES string of the molecule is CCC(N)C(=O)OC(C)(C)C.O=CO. The van der Waals surface area contributed by atoms with Gasteiger partial charge in [-0.05, 0) is 27.2 Å². The van der Waals surface area contributed by atoms with Gasteiger partial charge in [-0.15, -0.1) is 0 Å². The van der Waals surface area contributed by atoms with Crippen LogP contribution >= 0.6 is 0 Å². The molecule has 0 aliphatic rings. The molecule has 0 radical (unpaired) electrons. The van der Waals surface area contributed by atoms with Crippen LogP contribution in [0.4, 0.5) is 0 Å². The molecule has 0 aromatic carbocycles. The van der Waals surface area contributed by atoms with Crippen molar-refractivity contribution in [3.05, 3.63) is 0 Å². The Morgan fingerprint density at radius 3 is 2.14 bits per heavy atom. The van der Waals surface area contributed by atoms with E-state index in [0.717, 1.165) is 0 Å². The lowest BCUT2D eigenvalue weighted by molar-refractivity contribution is -0.156. The van der Waals surface area contributed by atoms with Crippen molar-refractivity contribution in [1.82, 2.24) is 0 Å². The Balaban J connectivity index is 0. The third-order valence-electron chi connectivity index (χ3n) is 1.15. The van der Waals surface area contributed by atoms with Crippen molar-refractivity contribution >= 4 is 12.4 Å². The van der Waals surface area contributed by atoms with Gasteiger partial charge in [0.1, 0.15) is 11.6 Å². The highest BCUT2D eigenvalue weighted by Crippen LogP contribution is 2.08. The first-order chi connectivity index (χ1) is 6.28. The Bertz CT molecular complexity index is 174. The Labute approximate surface area is 84.2 Å². The van der Waals surface area contributed by atoms with Crippen LogP contribution in [-0.4, -0.2) is 29.2 Å². The summed E-state index contributed by atoms with van der Waals surface area (Å²) in [6.45, 7) is 7.09. The van der Waals surface area contributed by atoms with E-state index in [4.69, 9.17) is 20.4 Å². The number of hydrogen-bond donors (Lipinski definition) is 2. The molecule has 0 aromatic heterocycles. The predicted molar refractivity (Wildman–Crippen MR) is 52.8 cm³/mol. The van der Waals surface area contributed by atoms with E-state index in [2.05, 4.69) is 0 Å². The minimum absolute atomic E-state index is 0.250. The summed E-state index contributed by atoms with van der Waals surface area (Å²) in [5, 5.41) is 6.89. The van der Waals surface area contributed by atoms with Crippen molar-refractivity contribution in [2.75, 3.05) is 0 Å². The molecular weight excluding hydrogens is 186 g/mol. The summed E-state index contributed by atoms with van der Waals surface area (Å²) in [6, 6.07) is -0.478. The van der Waals surface area contributed by atoms with Crippen molar-refractivity contribution in [2.24, 2.45) is 5.73 Å². The fraction of sp³-hybridized carbons (Fsp3) is 0.778. The normalized spacial score (nSPS) is 12.1. The average Bonchev–Trinajstić information content (AvgIpc) is 2.01. The van der Waals surface area contributed by atoms with E-state index in [0.29, 0.717) is 6.42 Å². The molecule has 0 rings (SSSR count). The van der Waals surface area contributed by atoms with Gasteiger partial charge in [0.15, 0.2) is 0 Å². The number of carbonyl (C=O) groups excluding carboxylic acids is 1. The number of esters is 1. The summed E-state index contributed by atoms with van der Waals surface area (Å²) >= 11 is 0. The topological polar surface area (TPSA) is 89.6 Å². The van der Waals surface area contributed by atoms with E-state index in [1.807, 2.05) is 27.7 Å². The van der Waals surface area contributed by atoms with Crippen LogP contribution in [0.15, 0.2) is 0 Å². The first-order valence-corrected chi connectivity index (χ1v) is 4.34. The van der Waals surface area contributed by atoms with Gasteiger partial charge in [0.25, 0.3) is 6.47 Å². The summed E-state index contributed by atoms with van der Waals surface area (Å²) in [5.74, 6) is -0.319. The molecule has 0 bridgehead atoms. The van der Waals surface area contributed by atoms with Crippen LogP contribution in [0.1, 0.15) is 34.1 Å². The second-order valence-corrected chi connectivity index (χ2v) is 3.65. The van der Waals surface area contributed by atoms with Gasteiger partial charge in [-0.2, -0.15) is 0 Å². The number of carboxylic acid groups (broad SMARTS) is 1. The fourth-order valence-corrected chi connectivity index (χ4v) is 0.544. The van der Waals surface area contributed by atoms with Gasteiger partial charge in [-0.3, -0.25) is 9.59 Å². The molecule has 0 aliphatic carbocycles. The quantitative estimate of drug-likeness (QED) is 0.513. The predicted octanol–water partition coefficient (Wildman–Crippen LogP) is 0.766. The second kappa shape index (κ2) is 7.32. The number of rotatable bonds is 2. The lowest BCUT2D eigenvalue weighted by Crippen LogP contribution is -2.36. The lowest BCUT2D eigenvalue weighted by Gasteiger charge is -2.21. The van der Waals surface area contributed by atoms with Crippen molar-refractivity contribution in [3.63, 3.8) is 0 Å². The summed E-state index contributed by atoms with van der Waals surface area (Å²) < 4.78 is 5.03. The van der Waals surface area contributed by atoms with Gasteiger partial charge in [0.05, 0.1) is 0 Å². The van der Waals surface area contributed by atoms with Crippen LogP contribution in [0.2, 0.25) is 0 Å². The van der Waals surface area contributed by atoms with Crippen LogP contribution in [0.3, 0.4) is 0 Å². The van der Waals surface area contributed by atoms with Crippen molar-refractivity contribution < 1.29 is 19.4 Å². The Morgan fingerprint density at radius 1 is 1.57 bits per heavy atom. The molecule has 5 nitrogen and oxygen atoms in total. The average molecular weight is 205 g/mol. The lowest BCUT2D eigenvalue weighted by atomic mass is 10.2. The molecule has 0 aromatic rings. The molecule has 84 valence electrons. The molecule has 14 heavy (non-hydrogen) atoms. The molecule has 3 N–H and O–H groups in total. The maximum Gasteiger partial charge on any atom is 0.323 e. The van der Waals surface area contributed by atoms with E-state index >= 15 is 0 Å². The van der Waals surface area contributed by atoms with Crippen LogP contribution in [0.25, 0.3) is 0 Å². The highest BCUT2D eigenvalue weighted by molar-refractivity contribution is 5.75. The summed E-state index contributed by atoms with van der Waals surface area (Å²) in [6.07, 6.45) is 0.620. The van der Waals surface area contributed by atoms with E-state index in [1.54, 1.807) is 0 Å². The first-order valence-electron chi connectivity index (χ1n) is 4.34. The monoisotopic (exact) mass is 205 g/mol. The van der Waals surface area contributed by atoms with E-state index < -0.39 is 11.6 Å². The van der Waals surface area contributed by atoms with E-state index in [9.17, 15) is 4.79 Å². The van der Waals surface area contributed by atoms with E-state index in [1.165, 1.54) is 0 Å². The number of nitrogens with two attached hydrogens (primary N) is 1. The van der Waals surface area contributed by atoms with Gasteiger partial charge in [0, 0.05) is 0 Å². The van der Waals surface area contributed by atoms with Gasteiger partial charge >= 0.3 is 5.97 Å². The summed E-state index contributed by atoms with van der Waals surface area (Å²) in [4.78, 5) is 19.4. The maximum atomic E-state index is 11.0. The molecule has 0 spiro atoms. The molecule has 0 saturated heterocycles. The zero-order valence-corrected chi connectivity index (χ0v) is 9.11. The smallest absolute Gasteiger partial charge is 0.323 e. The van der Waals surface area contributed by atoms with Crippen LogP contribution in [-0.2, 0) is 14.3 Å². The highest BCUT2D eigenvalue weighted by atomic mass is 16.6. The molecular formula is C9H19NO4. The molecule has 0 saturated carbocycles. The number of carbonyl (C=O) groups is 2. The van der Waals surface area contributed by atoms with Crippen molar-refractivity contribution in [3.8, 4) is 0 Å². The van der Waals surface area contributed by atoms with E-state index in [-0.39, 0.29) is 12.4 Å². The third-order valence-corrected chi connectivity index (χ3v) is 1.15.